The third kappa shape index (κ3) is 9.67. The Balaban J connectivity index is 2.22. The normalized spacial score (nSPS) is 12.5. The van der Waals surface area contributed by atoms with E-state index in [9.17, 15) is 18.0 Å². The van der Waals surface area contributed by atoms with Gasteiger partial charge in [0.05, 0.1) is 18.6 Å². The van der Waals surface area contributed by atoms with Gasteiger partial charge in [-0.25, -0.2) is 8.42 Å². The van der Waals surface area contributed by atoms with Gasteiger partial charge in [0.1, 0.15) is 11.8 Å². The van der Waals surface area contributed by atoms with Crippen LogP contribution in [0.4, 0.5) is 5.69 Å². The molecular weight excluding hydrogens is 502 g/mol. The topological polar surface area (TPSA) is 96.0 Å². The van der Waals surface area contributed by atoms with Gasteiger partial charge in [0.2, 0.25) is 21.8 Å². The summed E-state index contributed by atoms with van der Waals surface area (Å²) >= 11 is 0. The molecule has 2 rings (SSSR count). The van der Waals surface area contributed by atoms with Crippen LogP contribution in [0.25, 0.3) is 0 Å². The average molecular weight is 546 g/mol. The summed E-state index contributed by atoms with van der Waals surface area (Å²) in [5, 5.41) is 3.00. The number of benzene rings is 2. The van der Waals surface area contributed by atoms with E-state index in [1.165, 1.54) is 4.31 Å². The molecule has 0 fully saturated rings. The van der Waals surface area contributed by atoms with Gasteiger partial charge in [-0.05, 0) is 64.7 Å². The molecule has 9 heteroatoms. The standard InChI is InChI=1S/C29H43N3O5S/c1-7-24(28(34)30-29(3,4)5)31(22-20-23-15-10-9-11-16-23)27(33)19-14-21-32(38(6,35)36)25-17-12-13-18-26(25)37-8-2/h9-13,15-18,24H,7-8,14,19-22H2,1-6H3,(H,30,34)/t24-/m0/s1. The fraction of sp³-hybridized carbons (Fsp3) is 0.517. The van der Waals surface area contributed by atoms with Crippen molar-refractivity contribution in [3.63, 3.8) is 0 Å². The molecule has 0 aliphatic rings. The number of nitrogens with one attached hydrogen (secondary N) is 1. The van der Waals surface area contributed by atoms with Crippen LogP contribution in [0.1, 0.15) is 59.4 Å². The van der Waals surface area contributed by atoms with Crippen LogP contribution in [0.2, 0.25) is 0 Å². The van der Waals surface area contributed by atoms with Crippen LogP contribution in [-0.4, -0.2) is 62.7 Å². The fourth-order valence-corrected chi connectivity index (χ4v) is 5.24. The summed E-state index contributed by atoms with van der Waals surface area (Å²) in [6.07, 6.45) is 2.64. The van der Waals surface area contributed by atoms with E-state index >= 15 is 0 Å². The Hall–Kier alpha value is -3.07. The number of carbonyl (C=O) groups is 2. The Bertz CT molecular complexity index is 1150. The minimum Gasteiger partial charge on any atom is -0.492 e. The number of carbonyl (C=O) groups excluding carboxylic acids is 2. The molecule has 0 spiro atoms. The largest absolute Gasteiger partial charge is 0.492 e. The van der Waals surface area contributed by atoms with Crippen LogP contribution in [0.5, 0.6) is 5.75 Å². The summed E-state index contributed by atoms with van der Waals surface area (Å²) < 4.78 is 32.2. The van der Waals surface area contributed by atoms with Crippen LogP contribution in [-0.2, 0) is 26.0 Å². The first-order valence-electron chi connectivity index (χ1n) is 13.2. The zero-order chi connectivity index (χ0) is 28.3. The zero-order valence-corrected chi connectivity index (χ0v) is 24.4. The number of amides is 2. The van der Waals surface area contributed by atoms with Crippen molar-refractivity contribution < 1.29 is 22.7 Å². The van der Waals surface area contributed by atoms with Crippen molar-refractivity contribution in [2.45, 2.75) is 71.9 Å². The van der Waals surface area contributed by atoms with E-state index in [4.69, 9.17) is 4.74 Å². The summed E-state index contributed by atoms with van der Waals surface area (Å²) in [4.78, 5) is 28.3. The summed E-state index contributed by atoms with van der Waals surface area (Å²) in [6, 6.07) is 16.2. The minimum absolute atomic E-state index is 0.108. The van der Waals surface area contributed by atoms with E-state index in [1.54, 1.807) is 29.2 Å². The molecule has 0 radical (unpaired) electrons. The molecular formula is C29H43N3O5S. The summed E-state index contributed by atoms with van der Waals surface area (Å²) in [7, 11) is -3.61. The third-order valence-corrected chi connectivity index (χ3v) is 7.13. The molecule has 0 unspecified atom stereocenters. The van der Waals surface area contributed by atoms with E-state index in [1.807, 2.05) is 65.0 Å². The number of ether oxygens (including phenoxy) is 1. The van der Waals surface area contributed by atoms with E-state index < -0.39 is 21.6 Å². The van der Waals surface area contributed by atoms with Crippen LogP contribution >= 0.6 is 0 Å². The Morgan fingerprint density at radius 3 is 2.18 bits per heavy atom. The number of anilines is 1. The maximum absolute atomic E-state index is 13.5. The Morgan fingerprint density at radius 2 is 1.61 bits per heavy atom. The van der Waals surface area contributed by atoms with Gasteiger partial charge in [-0.3, -0.25) is 13.9 Å². The average Bonchev–Trinajstić information content (AvgIpc) is 2.84. The number of sulfonamides is 1. The van der Waals surface area contributed by atoms with Crippen LogP contribution in [0, 0.1) is 0 Å². The van der Waals surface area contributed by atoms with Crippen LogP contribution < -0.4 is 14.4 Å². The smallest absolute Gasteiger partial charge is 0.243 e. The first-order valence-corrected chi connectivity index (χ1v) is 15.1. The van der Waals surface area contributed by atoms with Gasteiger partial charge in [-0.1, -0.05) is 49.4 Å². The van der Waals surface area contributed by atoms with E-state index in [0.29, 0.717) is 43.9 Å². The van der Waals surface area contributed by atoms with Gasteiger partial charge in [-0.2, -0.15) is 0 Å². The number of para-hydroxylation sites is 2. The van der Waals surface area contributed by atoms with Crippen molar-refractivity contribution in [3.8, 4) is 5.75 Å². The molecule has 2 aromatic carbocycles. The van der Waals surface area contributed by atoms with Gasteiger partial charge >= 0.3 is 0 Å². The van der Waals surface area contributed by atoms with Gasteiger partial charge in [-0.15, -0.1) is 0 Å². The third-order valence-electron chi connectivity index (χ3n) is 5.95. The quantitative estimate of drug-likeness (QED) is 0.380. The first-order chi connectivity index (χ1) is 17.9. The molecule has 1 N–H and O–H groups in total. The van der Waals surface area contributed by atoms with Crippen molar-refractivity contribution in [2.75, 3.05) is 30.3 Å². The Kier molecular flexibility index (Phi) is 11.6. The number of hydrogen-bond acceptors (Lipinski definition) is 5. The van der Waals surface area contributed by atoms with Gasteiger partial charge in [0.25, 0.3) is 0 Å². The maximum Gasteiger partial charge on any atom is 0.243 e. The predicted octanol–water partition coefficient (Wildman–Crippen LogP) is 4.40. The molecule has 0 aromatic heterocycles. The van der Waals surface area contributed by atoms with Crippen molar-refractivity contribution in [2.24, 2.45) is 0 Å². The van der Waals surface area contributed by atoms with E-state index in [-0.39, 0.29) is 24.8 Å². The molecule has 2 aromatic rings. The molecule has 2 amide bonds. The molecule has 8 nitrogen and oxygen atoms in total. The number of rotatable bonds is 14. The monoisotopic (exact) mass is 545 g/mol. The molecule has 210 valence electrons. The minimum atomic E-state index is -3.61. The zero-order valence-electron chi connectivity index (χ0n) is 23.6. The molecule has 1 atom stereocenters. The summed E-state index contributed by atoms with van der Waals surface area (Å²) in [5.41, 5.74) is 1.09. The van der Waals surface area contributed by atoms with Crippen molar-refractivity contribution in [1.29, 1.82) is 0 Å². The predicted molar refractivity (Wildman–Crippen MR) is 153 cm³/mol. The van der Waals surface area contributed by atoms with Gasteiger partial charge in [0, 0.05) is 25.0 Å². The highest BCUT2D eigenvalue weighted by Gasteiger charge is 2.30. The van der Waals surface area contributed by atoms with Crippen LogP contribution in [0.15, 0.2) is 54.6 Å². The Labute approximate surface area is 228 Å². The van der Waals surface area contributed by atoms with Crippen molar-refractivity contribution in [1.82, 2.24) is 10.2 Å². The Morgan fingerprint density at radius 1 is 0.974 bits per heavy atom. The number of hydrogen-bond donors (Lipinski definition) is 1. The lowest BCUT2D eigenvalue weighted by Crippen LogP contribution is -2.54. The highest BCUT2D eigenvalue weighted by Crippen LogP contribution is 2.30. The van der Waals surface area contributed by atoms with Crippen molar-refractivity contribution >= 4 is 27.5 Å². The fourth-order valence-electron chi connectivity index (χ4n) is 4.27. The lowest BCUT2D eigenvalue weighted by atomic mass is 10.0. The second-order valence-electron chi connectivity index (χ2n) is 10.3. The maximum atomic E-state index is 13.5. The van der Waals surface area contributed by atoms with E-state index in [2.05, 4.69) is 5.32 Å². The summed E-state index contributed by atoms with van der Waals surface area (Å²) in [6.45, 7) is 10.4. The van der Waals surface area contributed by atoms with Crippen LogP contribution in [0.3, 0.4) is 0 Å². The first kappa shape index (κ1) is 31.1. The second kappa shape index (κ2) is 14.2. The molecule has 0 aliphatic heterocycles. The number of nitrogens with zero attached hydrogens (tertiary/aromatic N) is 2. The highest BCUT2D eigenvalue weighted by molar-refractivity contribution is 7.92. The molecule has 0 heterocycles. The van der Waals surface area contributed by atoms with Gasteiger partial charge in [0.15, 0.2) is 0 Å². The van der Waals surface area contributed by atoms with Gasteiger partial charge < -0.3 is 15.0 Å². The lowest BCUT2D eigenvalue weighted by molar-refractivity contribution is -0.141. The lowest BCUT2D eigenvalue weighted by Gasteiger charge is -2.33. The second-order valence-corrected chi connectivity index (χ2v) is 12.2. The molecule has 0 saturated heterocycles. The van der Waals surface area contributed by atoms with E-state index in [0.717, 1.165) is 11.8 Å². The highest BCUT2D eigenvalue weighted by atomic mass is 32.2. The van der Waals surface area contributed by atoms with Crippen molar-refractivity contribution in [3.05, 3.63) is 60.2 Å². The molecule has 0 bridgehead atoms. The molecule has 38 heavy (non-hydrogen) atoms. The molecule has 0 aliphatic carbocycles. The molecule has 0 saturated carbocycles. The SMILES string of the molecule is CCOc1ccccc1N(CCCC(=O)N(CCc1ccccc1)[C@@H](CC)C(=O)NC(C)(C)C)S(C)(=O)=O. The summed E-state index contributed by atoms with van der Waals surface area (Å²) in [5.74, 6) is 0.106.